The van der Waals surface area contributed by atoms with Gasteiger partial charge in [-0.15, -0.1) is 0 Å². The molecular formula is C18H25N5O2. The summed E-state index contributed by atoms with van der Waals surface area (Å²) in [5.74, 6) is 0.934. The lowest BCUT2D eigenvalue weighted by Gasteiger charge is -2.31. The molecule has 0 radical (unpaired) electrons. The van der Waals surface area contributed by atoms with Gasteiger partial charge in [-0.3, -0.25) is 14.6 Å². The minimum atomic E-state index is -0.962. The van der Waals surface area contributed by atoms with E-state index >= 15 is 0 Å². The molecule has 3 N–H and O–H groups in total. The molecule has 2 heterocycles. The topological polar surface area (TPSA) is 97.3 Å². The van der Waals surface area contributed by atoms with Crippen LogP contribution in [-0.4, -0.2) is 32.0 Å². The number of rotatable bonds is 4. The maximum absolute atomic E-state index is 12.1. The Labute approximate surface area is 147 Å². The summed E-state index contributed by atoms with van der Waals surface area (Å²) in [5, 5.41) is 14.2. The van der Waals surface area contributed by atoms with Crippen molar-refractivity contribution in [2.24, 2.45) is 13.0 Å². The highest BCUT2D eigenvalue weighted by Gasteiger charge is 2.34. The first-order valence-corrected chi connectivity index (χ1v) is 8.67. The molecule has 0 saturated heterocycles. The Morgan fingerprint density at radius 2 is 2.08 bits per heavy atom. The number of nitrogens with two attached hydrogens (primary N) is 1. The van der Waals surface area contributed by atoms with Gasteiger partial charge in [0.05, 0.1) is 28.8 Å². The van der Waals surface area contributed by atoms with Crippen LogP contribution in [0.1, 0.15) is 38.3 Å². The molecule has 25 heavy (non-hydrogen) atoms. The number of carboxylic acid groups (broad SMARTS) is 1. The third kappa shape index (κ3) is 3.18. The third-order valence-electron chi connectivity index (χ3n) is 5.23. The number of carbonyl (C=O) groups is 1. The summed E-state index contributed by atoms with van der Waals surface area (Å²) in [4.78, 5) is 18.1. The predicted molar refractivity (Wildman–Crippen MR) is 97.5 cm³/mol. The quantitative estimate of drug-likeness (QED) is 0.886. The third-order valence-corrected chi connectivity index (χ3v) is 5.23. The maximum Gasteiger partial charge on any atom is 0.413 e. The lowest BCUT2D eigenvalue weighted by atomic mass is 9.98. The van der Waals surface area contributed by atoms with E-state index in [1.807, 2.05) is 19.9 Å². The average molecular weight is 343 g/mol. The summed E-state index contributed by atoms with van der Waals surface area (Å²) in [5.41, 5.74) is 8.58. The van der Waals surface area contributed by atoms with E-state index in [1.54, 1.807) is 24.0 Å². The number of nitrogen functional groups attached to an aromatic ring is 1. The predicted octanol–water partition coefficient (Wildman–Crippen LogP) is 3.44. The molecular weight excluding hydrogens is 318 g/mol. The van der Waals surface area contributed by atoms with Gasteiger partial charge in [0.15, 0.2) is 0 Å². The smallest absolute Gasteiger partial charge is 0.413 e. The summed E-state index contributed by atoms with van der Waals surface area (Å²) in [7, 11) is 1.76. The highest BCUT2D eigenvalue weighted by Crippen LogP contribution is 2.36. The van der Waals surface area contributed by atoms with Crippen LogP contribution in [0.15, 0.2) is 18.3 Å². The molecule has 7 heteroatoms. The molecule has 1 amide bonds. The SMILES string of the molecule is Cc1nc(-c2cnn(C)c2N(C(=O)O)[C@H](C)C2CCCC2)ccc1N. The molecule has 1 atom stereocenters. The van der Waals surface area contributed by atoms with E-state index in [0.717, 1.165) is 18.5 Å². The van der Waals surface area contributed by atoms with Crippen molar-refractivity contribution in [3.8, 4) is 11.3 Å². The second-order valence-electron chi connectivity index (χ2n) is 6.81. The van der Waals surface area contributed by atoms with Crippen molar-refractivity contribution in [1.29, 1.82) is 0 Å². The van der Waals surface area contributed by atoms with Gasteiger partial charge in [-0.2, -0.15) is 5.10 Å². The molecule has 3 rings (SSSR count). The number of anilines is 2. The molecule has 0 unspecified atom stereocenters. The highest BCUT2D eigenvalue weighted by atomic mass is 16.4. The minimum Gasteiger partial charge on any atom is -0.465 e. The molecule has 0 aromatic carbocycles. The lowest BCUT2D eigenvalue weighted by molar-refractivity contribution is 0.196. The van der Waals surface area contributed by atoms with Crippen LogP contribution < -0.4 is 10.6 Å². The van der Waals surface area contributed by atoms with E-state index in [0.29, 0.717) is 28.7 Å². The summed E-state index contributed by atoms with van der Waals surface area (Å²) >= 11 is 0. The van der Waals surface area contributed by atoms with Crippen LogP contribution in [0, 0.1) is 12.8 Å². The summed E-state index contributed by atoms with van der Waals surface area (Å²) in [6.07, 6.45) is 5.18. The van der Waals surface area contributed by atoms with Gasteiger partial charge in [0.1, 0.15) is 5.82 Å². The Morgan fingerprint density at radius 3 is 2.68 bits per heavy atom. The van der Waals surface area contributed by atoms with Gasteiger partial charge in [-0.1, -0.05) is 12.8 Å². The van der Waals surface area contributed by atoms with E-state index in [1.165, 1.54) is 17.7 Å². The molecule has 134 valence electrons. The van der Waals surface area contributed by atoms with Gasteiger partial charge >= 0.3 is 6.09 Å². The molecule has 7 nitrogen and oxygen atoms in total. The van der Waals surface area contributed by atoms with Crippen molar-refractivity contribution in [1.82, 2.24) is 14.8 Å². The summed E-state index contributed by atoms with van der Waals surface area (Å²) < 4.78 is 1.61. The molecule has 1 saturated carbocycles. The van der Waals surface area contributed by atoms with Crippen molar-refractivity contribution in [2.45, 2.75) is 45.6 Å². The second-order valence-corrected chi connectivity index (χ2v) is 6.81. The molecule has 0 spiro atoms. The van der Waals surface area contributed by atoms with Crippen LogP contribution >= 0.6 is 0 Å². The fourth-order valence-electron chi connectivity index (χ4n) is 3.73. The van der Waals surface area contributed by atoms with E-state index in [-0.39, 0.29) is 6.04 Å². The fraction of sp³-hybridized carbons (Fsp3) is 0.500. The van der Waals surface area contributed by atoms with E-state index in [4.69, 9.17) is 5.73 Å². The zero-order valence-corrected chi connectivity index (χ0v) is 14.9. The van der Waals surface area contributed by atoms with Crippen LogP contribution in [0.2, 0.25) is 0 Å². The van der Waals surface area contributed by atoms with Gasteiger partial charge < -0.3 is 10.8 Å². The number of aryl methyl sites for hydroxylation is 2. The van der Waals surface area contributed by atoms with Crippen molar-refractivity contribution < 1.29 is 9.90 Å². The monoisotopic (exact) mass is 343 g/mol. The Hall–Kier alpha value is -2.57. The van der Waals surface area contributed by atoms with E-state index in [2.05, 4.69) is 10.1 Å². The number of hydrogen-bond donors (Lipinski definition) is 2. The first-order chi connectivity index (χ1) is 11.9. The Kier molecular flexibility index (Phi) is 4.65. The van der Waals surface area contributed by atoms with E-state index in [9.17, 15) is 9.90 Å². The minimum absolute atomic E-state index is 0.107. The largest absolute Gasteiger partial charge is 0.465 e. The van der Waals surface area contributed by atoms with E-state index < -0.39 is 6.09 Å². The molecule has 0 bridgehead atoms. The van der Waals surface area contributed by atoms with Gasteiger partial charge in [0, 0.05) is 13.1 Å². The second kappa shape index (κ2) is 6.74. The zero-order valence-electron chi connectivity index (χ0n) is 14.9. The standard InChI is InChI=1S/C18H25N5O2/c1-11-15(19)8-9-16(21-11)14-10-20-22(3)17(14)23(18(24)25)12(2)13-6-4-5-7-13/h8-10,12-13H,4-7,19H2,1-3H3,(H,24,25)/t12-/m1/s1. The first-order valence-electron chi connectivity index (χ1n) is 8.67. The van der Waals surface area contributed by atoms with Crippen molar-refractivity contribution in [3.63, 3.8) is 0 Å². The van der Waals surface area contributed by atoms with Crippen molar-refractivity contribution >= 4 is 17.6 Å². The Balaban J connectivity index is 2.06. The first kappa shape index (κ1) is 17.3. The van der Waals surface area contributed by atoms with Gasteiger partial charge in [0.2, 0.25) is 0 Å². The summed E-state index contributed by atoms with van der Waals surface area (Å²) in [6.45, 7) is 3.83. The van der Waals surface area contributed by atoms with Gasteiger partial charge in [-0.25, -0.2) is 4.79 Å². The molecule has 1 aliphatic carbocycles. The average Bonchev–Trinajstić information content (AvgIpc) is 3.21. The number of amides is 1. The van der Waals surface area contributed by atoms with Gasteiger partial charge in [-0.05, 0) is 44.7 Å². The molecule has 1 fully saturated rings. The highest BCUT2D eigenvalue weighted by molar-refractivity contribution is 5.91. The molecule has 2 aromatic rings. The van der Waals surface area contributed by atoms with Crippen LogP contribution in [0.4, 0.5) is 16.3 Å². The normalized spacial score (nSPS) is 16.1. The molecule has 1 aliphatic rings. The Morgan fingerprint density at radius 1 is 1.40 bits per heavy atom. The number of pyridine rings is 1. The van der Waals surface area contributed by atoms with Crippen LogP contribution in [0.5, 0.6) is 0 Å². The van der Waals surface area contributed by atoms with Crippen LogP contribution in [0.3, 0.4) is 0 Å². The van der Waals surface area contributed by atoms with Crippen LogP contribution in [-0.2, 0) is 7.05 Å². The van der Waals surface area contributed by atoms with Gasteiger partial charge in [0.25, 0.3) is 0 Å². The molecule has 2 aromatic heterocycles. The van der Waals surface area contributed by atoms with Crippen molar-refractivity contribution in [3.05, 3.63) is 24.0 Å². The summed E-state index contributed by atoms with van der Waals surface area (Å²) in [6, 6.07) is 3.49. The fourth-order valence-corrected chi connectivity index (χ4v) is 3.73. The zero-order chi connectivity index (χ0) is 18.1. The van der Waals surface area contributed by atoms with Crippen molar-refractivity contribution in [2.75, 3.05) is 10.6 Å². The number of hydrogen-bond acceptors (Lipinski definition) is 4. The molecule has 0 aliphatic heterocycles. The lowest BCUT2D eigenvalue weighted by Crippen LogP contribution is -2.43. The number of nitrogens with zero attached hydrogens (tertiary/aromatic N) is 4. The van der Waals surface area contributed by atoms with Crippen LogP contribution in [0.25, 0.3) is 11.3 Å². The number of aromatic nitrogens is 3. The maximum atomic E-state index is 12.1. The Bertz CT molecular complexity index is 780.